The third-order valence-electron chi connectivity index (χ3n) is 5.61. The Morgan fingerprint density at radius 2 is 2.04 bits per heavy atom. The van der Waals surface area contributed by atoms with Gasteiger partial charge in [-0.2, -0.15) is 5.10 Å². The van der Waals surface area contributed by atoms with E-state index < -0.39 is 0 Å². The molecule has 2 atom stereocenters. The van der Waals surface area contributed by atoms with Gasteiger partial charge in [0.2, 0.25) is 5.91 Å². The Balaban J connectivity index is 1.33. The van der Waals surface area contributed by atoms with Crippen molar-refractivity contribution in [1.29, 1.82) is 0 Å². The van der Waals surface area contributed by atoms with Gasteiger partial charge < -0.3 is 9.64 Å². The van der Waals surface area contributed by atoms with Crippen molar-refractivity contribution in [3.8, 4) is 15.6 Å². The number of hydrogen-bond acceptors (Lipinski definition) is 6. The highest BCUT2D eigenvalue weighted by Gasteiger charge is 2.48. The number of piperidine rings is 3. The molecule has 0 aromatic carbocycles. The Kier molecular flexibility index (Phi) is 3.28. The predicted octanol–water partition coefficient (Wildman–Crippen LogP) is 2.39. The Morgan fingerprint density at radius 1 is 1.25 bits per heavy atom. The minimum atomic E-state index is -0.0918. The average molecular weight is 344 g/mol. The highest BCUT2D eigenvalue weighted by Crippen LogP contribution is 2.45. The second-order valence-corrected chi connectivity index (χ2v) is 8.33. The number of ether oxygens (including phenoxy) is 1. The van der Waals surface area contributed by atoms with Gasteiger partial charge in [0.15, 0.2) is 0 Å². The van der Waals surface area contributed by atoms with E-state index in [0.29, 0.717) is 17.9 Å². The van der Waals surface area contributed by atoms with Gasteiger partial charge in [-0.1, -0.05) is 11.3 Å². The summed E-state index contributed by atoms with van der Waals surface area (Å²) < 4.78 is 7.68. The third kappa shape index (κ3) is 2.38. The van der Waals surface area contributed by atoms with Crippen LogP contribution >= 0.6 is 11.3 Å². The first-order valence-electron chi connectivity index (χ1n) is 8.56. The molecule has 3 aliphatic heterocycles. The molecule has 4 fully saturated rings. The van der Waals surface area contributed by atoms with Crippen molar-refractivity contribution in [3.63, 3.8) is 0 Å². The fraction of sp³-hybridized carbons (Fsp3) is 0.588. The highest BCUT2D eigenvalue weighted by molar-refractivity contribution is 7.16. The van der Waals surface area contributed by atoms with Gasteiger partial charge in [0.1, 0.15) is 6.10 Å². The third-order valence-corrected chi connectivity index (χ3v) is 6.55. The van der Waals surface area contributed by atoms with E-state index in [0.717, 1.165) is 21.6 Å². The summed E-state index contributed by atoms with van der Waals surface area (Å²) in [4.78, 5) is 19.4. The van der Waals surface area contributed by atoms with Gasteiger partial charge in [-0.25, -0.2) is 9.67 Å². The summed E-state index contributed by atoms with van der Waals surface area (Å²) in [6, 6.07) is 0. The first-order valence-corrected chi connectivity index (χ1v) is 9.38. The number of carbonyl (C=O) groups excluding carboxylic acids is 1. The number of hydrogen-bond donors (Lipinski definition) is 0. The zero-order chi connectivity index (χ0) is 16.3. The number of nitrogens with zero attached hydrogens (tertiary/aromatic N) is 4. The quantitative estimate of drug-likeness (QED) is 0.856. The molecule has 0 spiro atoms. The Hall–Kier alpha value is -1.73. The molecular weight excluding hydrogens is 324 g/mol. The lowest BCUT2D eigenvalue weighted by atomic mass is 9.66. The van der Waals surface area contributed by atoms with Crippen LogP contribution in [0.3, 0.4) is 0 Å². The van der Waals surface area contributed by atoms with Gasteiger partial charge >= 0.3 is 0 Å². The van der Waals surface area contributed by atoms with E-state index in [1.807, 2.05) is 6.20 Å². The monoisotopic (exact) mass is 344 g/mol. The maximum atomic E-state index is 11.4. The van der Waals surface area contributed by atoms with Crippen molar-refractivity contribution in [2.45, 2.75) is 25.9 Å². The number of carbonyl (C=O) groups is 1. The van der Waals surface area contributed by atoms with Crippen LogP contribution < -0.4 is 4.74 Å². The van der Waals surface area contributed by atoms with Gasteiger partial charge in [0.05, 0.1) is 11.1 Å². The van der Waals surface area contributed by atoms with Crippen molar-refractivity contribution >= 4 is 17.2 Å². The highest BCUT2D eigenvalue weighted by atomic mass is 32.1. The summed E-state index contributed by atoms with van der Waals surface area (Å²) in [5, 5.41) is 4.82. The maximum absolute atomic E-state index is 11.4. The van der Waals surface area contributed by atoms with Crippen molar-refractivity contribution in [1.82, 2.24) is 19.7 Å². The number of rotatable bonds is 3. The molecule has 1 aliphatic carbocycles. The lowest BCUT2D eigenvalue weighted by Crippen LogP contribution is -2.61. The van der Waals surface area contributed by atoms with Crippen LogP contribution in [0.1, 0.15) is 24.6 Å². The van der Waals surface area contributed by atoms with Gasteiger partial charge in [-0.3, -0.25) is 4.79 Å². The number of aromatic nitrogens is 3. The molecule has 6 rings (SSSR count). The second kappa shape index (κ2) is 5.39. The fourth-order valence-electron chi connectivity index (χ4n) is 4.74. The molecule has 6 nitrogen and oxygen atoms in total. The summed E-state index contributed by atoms with van der Waals surface area (Å²) in [5.41, 5.74) is 0.911. The minimum Gasteiger partial charge on any atom is -0.466 e. The maximum Gasteiger partial charge on any atom is 0.274 e. The fourth-order valence-corrected chi connectivity index (χ4v) is 5.52. The molecule has 24 heavy (non-hydrogen) atoms. The first-order chi connectivity index (χ1) is 11.7. The first kappa shape index (κ1) is 14.6. The smallest absolute Gasteiger partial charge is 0.274 e. The van der Waals surface area contributed by atoms with Gasteiger partial charge in [-0.15, -0.1) is 0 Å². The van der Waals surface area contributed by atoms with Crippen LogP contribution in [-0.4, -0.2) is 51.3 Å². The van der Waals surface area contributed by atoms with Crippen LogP contribution in [0.25, 0.3) is 10.4 Å². The van der Waals surface area contributed by atoms with Crippen LogP contribution in [0.2, 0.25) is 0 Å². The Labute approximate surface area is 144 Å². The Morgan fingerprint density at radius 3 is 2.71 bits per heavy atom. The molecule has 0 unspecified atom stereocenters. The van der Waals surface area contributed by atoms with Crippen molar-refractivity contribution in [3.05, 3.63) is 18.6 Å². The van der Waals surface area contributed by atoms with Crippen molar-refractivity contribution in [2.75, 3.05) is 19.6 Å². The molecule has 0 N–H and O–H groups in total. The largest absolute Gasteiger partial charge is 0.466 e. The summed E-state index contributed by atoms with van der Waals surface area (Å²) in [7, 11) is 0. The van der Waals surface area contributed by atoms with Gasteiger partial charge in [-0.05, 0) is 18.8 Å². The average Bonchev–Trinajstić information content (AvgIpc) is 3.19. The topological polar surface area (TPSA) is 60.3 Å². The summed E-state index contributed by atoms with van der Waals surface area (Å²) in [5.74, 6) is 2.10. The van der Waals surface area contributed by atoms with E-state index in [2.05, 4.69) is 15.0 Å². The molecule has 1 saturated carbocycles. The molecule has 0 amide bonds. The predicted molar refractivity (Wildman–Crippen MR) is 90.2 cm³/mol. The normalized spacial score (nSPS) is 33.8. The molecule has 3 saturated heterocycles. The molecule has 2 aromatic heterocycles. The van der Waals surface area contributed by atoms with E-state index in [1.54, 1.807) is 23.7 Å². The standard InChI is InChI=1S/C17H20N4O2S/c1-10(22)21-9-14(4-19-21)15-5-18-17(24-15)23-16-12-2-11-3-13(16)8-20(6-11)7-12/h4-5,9,11-13,16H,2-3,6-8H2,1H3/t11?,12-,13-,16?/m0/s1. The van der Waals surface area contributed by atoms with Gasteiger partial charge in [0, 0.05) is 56.4 Å². The molecule has 4 aliphatic rings. The summed E-state index contributed by atoms with van der Waals surface area (Å²) in [6.45, 7) is 5.16. The van der Waals surface area contributed by atoms with Crippen molar-refractivity contribution < 1.29 is 9.53 Å². The molecule has 0 radical (unpaired) electrons. The van der Waals surface area contributed by atoms with E-state index >= 15 is 0 Å². The van der Waals surface area contributed by atoms with Crippen LogP contribution in [0.4, 0.5) is 0 Å². The van der Waals surface area contributed by atoms with E-state index in [1.165, 1.54) is 44.1 Å². The van der Waals surface area contributed by atoms with Crippen LogP contribution in [0, 0.1) is 17.8 Å². The number of thiazole rings is 1. The van der Waals surface area contributed by atoms with Crippen LogP contribution in [-0.2, 0) is 0 Å². The molecule has 5 heterocycles. The molecular formula is C17H20N4O2S. The Bertz CT molecular complexity index is 755. The molecule has 2 aromatic rings. The summed E-state index contributed by atoms with van der Waals surface area (Å²) in [6.07, 6.45) is 8.20. The lowest BCUT2D eigenvalue weighted by molar-refractivity contribution is -0.0985. The zero-order valence-corrected chi connectivity index (χ0v) is 14.4. The second-order valence-electron chi connectivity index (χ2n) is 7.34. The lowest BCUT2D eigenvalue weighted by Gasteiger charge is -2.55. The van der Waals surface area contributed by atoms with E-state index in [4.69, 9.17) is 4.74 Å². The zero-order valence-electron chi connectivity index (χ0n) is 13.6. The minimum absolute atomic E-state index is 0.0918. The molecule has 4 bridgehead atoms. The van der Waals surface area contributed by atoms with E-state index in [9.17, 15) is 4.79 Å². The van der Waals surface area contributed by atoms with E-state index in [-0.39, 0.29) is 5.91 Å². The molecule has 7 heteroatoms. The van der Waals surface area contributed by atoms with Crippen molar-refractivity contribution in [2.24, 2.45) is 17.8 Å². The molecule has 126 valence electrons. The SMILES string of the molecule is CC(=O)n1cc(-c2cnc(OC3[C@H]4CC5C[C@H]3CN(C5)C4)s2)cn1. The van der Waals surface area contributed by atoms with Crippen LogP contribution in [0.15, 0.2) is 18.6 Å². The van der Waals surface area contributed by atoms with Gasteiger partial charge in [0.25, 0.3) is 5.19 Å². The summed E-state index contributed by atoms with van der Waals surface area (Å²) >= 11 is 1.54. The van der Waals surface area contributed by atoms with Crippen LogP contribution in [0.5, 0.6) is 5.19 Å².